The lowest BCUT2D eigenvalue weighted by Gasteiger charge is -2.13. The number of hydrogen-bond acceptors (Lipinski definition) is 6. The second-order valence-corrected chi connectivity index (χ2v) is 8.64. The van der Waals surface area contributed by atoms with Crippen LogP contribution < -0.4 is 25.0 Å². The third-order valence-electron chi connectivity index (χ3n) is 5.89. The Labute approximate surface area is 227 Å². The molecule has 2 N–H and O–H groups in total. The van der Waals surface area contributed by atoms with Crippen LogP contribution in [0.3, 0.4) is 0 Å². The van der Waals surface area contributed by atoms with Gasteiger partial charge in [0, 0.05) is 18.5 Å². The van der Waals surface area contributed by atoms with Gasteiger partial charge in [-0.3, -0.25) is 9.59 Å². The first-order valence-corrected chi connectivity index (χ1v) is 12.7. The van der Waals surface area contributed by atoms with Crippen LogP contribution in [0.2, 0.25) is 0 Å². The Morgan fingerprint density at radius 1 is 0.846 bits per heavy atom. The topological polar surface area (TPSA) is 98.2 Å². The van der Waals surface area contributed by atoms with E-state index in [4.69, 9.17) is 14.2 Å². The molecule has 0 aliphatic rings. The third-order valence-corrected chi connectivity index (χ3v) is 5.89. The molecule has 4 aromatic rings. The van der Waals surface area contributed by atoms with Gasteiger partial charge in [-0.2, -0.15) is 5.10 Å². The van der Waals surface area contributed by atoms with Crippen LogP contribution in [0.5, 0.6) is 17.2 Å². The van der Waals surface area contributed by atoms with Crippen molar-refractivity contribution in [2.45, 2.75) is 26.4 Å². The Morgan fingerprint density at radius 2 is 1.62 bits per heavy atom. The van der Waals surface area contributed by atoms with Crippen LogP contribution in [0.4, 0.5) is 5.69 Å². The first-order chi connectivity index (χ1) is 19.1. The highest BCUT2D eigenvalue weighted by atomic mass is 16.5. The normalized spacial score (nSPS) is 10.8. The van der Waals surface area contributed by atoms with E-state index in [9.17, 15) is 9.59 Å². The minimum atomic E-state index is -0.365. The fourth-order valence-corrected chi connectivity index (χ4v) is 3.93. The number of carbonyl (C=O) groups is 2. The second-order valence-electron chi connectivity index (χ2n) is 8.64. The van der Waals surface area contributed by atoms with E-state index in [-0.39, 0.29) is 24.7 Å². The number of hydrogen-bond donors (Lipinski definition) is 2. The first-order valence-electron chi connectivity index (χ1n) is 12.7. The van der Waals surface area contributed by atoms with Crippen molar-refractivity contribution >= 4 is 34.5 Å². The molecule has 0 radical (unpaired) electrons. The van der Waals surface area contributed by atoms with Gasteiger partial charge in [0.15, 0.2) is 11.5 Å². The van der Waals surface area contributed by atoms with Gasteiger partial charge in [-0.15, -0.1) is 0 Å². The molecule has 2 amide bonds. The van der Waals surface area contributed by atoms with E-state index >= 15 is 0 Å². The second kappa shape index (κ2) is 13.6. The number of anilines is 1. The summed E-state index contributed by atoms with van der Waals surface area (Å²) in [6, 6.07) is 26.8. The summed E-state index contributed by atoms with van der Waals surface area (Å²) in [5.74, 6) is 1.27. The van der Waals surface area contributed by atoms with Crippen molar-refractivity contribution in [3.63, 3.8) is 0 Å². The van der Waals surface area contributed by atoms with E-state index in [2.05, 4.69) is 40.1 Å². The molecule has 4 aromatic carbocycles. The highest BCUT2D eigenvalue weighted by Crippen LogP contribution is 2.30. The summed E-state index contributed by atoms with van der Waals surface area (Å²) < 4.78 is 17.0. The predicted octanol–water partition coefficient (Wildman–Crippen LogP) is 5.70. The molecule has 0 unspecified atom stereocenters. The molecule has 0 spiro atoms. The van der Waals surface area contributed by atoms with Crippen LogP contribution in [0.1, 0.15) is 30.9 Å². The van der Waals surface area contributed by atoms with Crippen molar-refractivity contribution in [3.8, 4) is 17.2 Å². The van der Waals surface area contributed by atoms with E-state index < -0.39 is 0 Å². The molecular weight excluding hydrogens is 494 g/mol. The molecule has 39 heavy (non-hydrogen) atoms. The SMILES string of the molecule is CCOc1cc(C=NNC(=O)CCC(=O)Nc2ccc(OC)cc2)ccc1OCc1cccc2ccccc12. The van der Waals surface area contributed by atoms with Crippen molar-refractivity contribution < 1.29 is 23.8 Å². The number of rotatable bonds is 12. The average molecular weight is 526 g/mol. The van der Waals surface area contributed by atoms with Gasteiger partial charge in [-0.05, 0) is 71.3 Å². The lowest BCUT2D eigenvalue weighted by Crippen LogP contribution is -2.20. The summed E-state index contributed by atoms with van der Waals surface area (Å²) >= 11 is 0. The van der Waals surface area contributed by atoms with Crippen molar-refractivity contribution in [2.75, 3.05) is 19.0 Å². The van der Waals surface area contributed by atoms with Gasteiger partial charge in [0.05, 0.1) is 19.9 Å². The molecule has 0 heterocycles. The molecule has 0 saturated carbocycles. The lowest BCUT2D eigenvalue weighted by molar-refractivity contribution is -0.124. The Morgan fingerprint density at radius 3 is 2.41 bits per heavy atom. The summed E-state index contributed by atoms with van der Waals surface area (Å²) in [4.78, 5) is 24.3. The Kier molecular flexibility index (Phi) is 9.50. The maximum absolute atomic E-state index is 12.1. The van der Waals surface area contributed by atoms with Crippen LogP contribution in [-0.2, 0) is 16.2 Å². The van der Waals surface area contributed by atoms with E-state index in [1.54, 1.807) is 37.4 Å². The van der Waals surface area contributed by atoms with Crippen molar-refractivity contribution in [2.24, 2.45) is 5.10 Å². The van der Waals surface area contributed by atoms with E-state index in [1.165, 1.54) is 6.21 Å². The molecule has 0 atom stereocenters. The summed E-state index contributed by atoms with van der Waals surface area (Å²) in [7, 11) is 1.57. The zero-order valence-electron chi connectivity index (χ0n) is 22.0. The summed E-state index contributed by atoms with van der Waals surface area (Å²) in [5, 5.41) is 9.07. The van der Waals surface area contributed by atoms with Gasteiger partial charge in [0.1, 0.15) is 12.4 Å². The fraction of sp³-hybridized carbons (Fsp3) is 0.194. The molecule has 0 saturated heterocycles. The molecule has 0 aliphatic carbocycles. The van der Waals surface area contributed by atoms with Crippen LogP contribution in [0.25, 0.3) is 10.8 Å². The lowest BCUT2D eigenvalue weighted by atomic mass is 10.1. The van der Waals surface area contributed by atoms with Crippen LogP contribution in [0, 0.1) is 0 Å². The standard InChI is InChI=1S/C31H31N3O5/c1-3-38-29-19-22(11-16-28(29)39-21-24-9-6-8-23-7-4-5-10-27(23)24)20-32-34-31(36)18-17-30(35)33-25-12-14-26(37-2)15-13-25/h4-16,19-20H,3,17-18,21H2,1-2H3,(H,33,35)(H,34,36). The molecule has 0 aliphatic heterocycles. The molecule has 0 aromatic heterocycles. The van der Waals surface area contributed by atoms with E-state index in [0.29, 0.717) is 36.1 Å². The maximum atomic E-state index is 12.1. The molecular formula is C31H31N3O5. The Hall–Kier alpha value is -4.85. The number of nitrogens with one attached hydrogen (secondary N) is 2. The van der Waals surface area contributed by atoms with Crippen LogP contribution >= 0.6 is 0 Å². The summed E-state index contributed by atoms with van der Waals surface area (Å²) in [5.41, 5.74) is 4.91. The molecule has 8 heteroatoms. The monoisotopic (exact) mass is 525 g/mol. The number of nitrogens with zero attached hydrogens (tertiary/aromatic N) is 1. The van der Waals surface area contributed by atoms with Crippen LogP contribution in [0.15, 0.2) is 90.0 Å². The predicted molar refractivity (Wildman–Crippen MR) is 152 cm³/mol. The quantitative estimate of drug-likeness (QED) is 0.183. The fourth-order valence-electron chi connectivity index (χ4n) is 3.93. The van der Waals surface area contributed by atoms with E-state index in [1.807, 2.05) is 37.3 Å². The minimum Gasteiger partial charge on any atom is -0.497 e. The largest absolute Gasteiger partial charge is 0.497 e. The van der Waals surface area contributed by atoms with Crippen molar-refractivity contribution in [3.05, 3.63) is 96.1 Å². The zero-order chi connectivity index (χ0) is 27.5. The molecule has 0 fully saturated rings. The Bertz CT molecular complexity index is 1450. The van der Waals surface area contributed by atoms with Gasteiger partial charge in [-0.25, -0.2) is 5.43 Å². The summed E-state index contributed by atoms with van der Waals surface area (Å²) in [6.45, 7) is 2.78. The number of amides is 2. The highest BCUT2D eigenvalue weighted by molar-refractivity contribution is 5.93. The molecule has 200 valence electrons. The van der Waals surface area contributed by atoms with Gasteiger partial charge in [-0.1, -0.05) is 42.5 Å². The number of methoxy groups -OCH3 is 1. The Balaban J connectivity index is 1.29. The van der Waals surface area contributed by atoms with Gasteiger partial charge >= 0.3 is 0 Å². The minimum absolute atomic E-state index is 0.00443. The number of carbonyl (C=O) groups excluding carboxylic acids is 2. The van der Waals surface area contributed by atoms with Crippen molar-refractivity contribution in [1.29, 1.82) is 0 Å². The molecule has 8 nitrogen and oxygen atoms in total. The van der Waals surface area contributed by atoms with E-state index in [0.717, 1.165) is 21.9 Å². The summed E-state index contributed by atoms with van der Waals surface area (Å²) in [6.07, 6.45) is 1.56. The average Bonchev–Trinajstić information content (AvgIpc) is 2.96. The maximum Gasteiger partial charge on any atom is 0.240 e. The van der Waals surface area contributed by atoms with Gasteiger partial charge in [0.25, 0.3) is 0 Å². The third kappa shape index (κ3) is 7.82. The molecule has 4 rings (SSSR count). The van der Waals surface area contributed by atoms with Gasteiger partial charge in [0.2, 0.25) is 11.8 Å². The van der Waals surface area contributed by atoms with Gasteiger partial charge < -0.3 is 19.5 Å². The highest BCUT2D eigenvalue weighted by Gasteiger charge is 2.09. The number of benzene rings is 4. The number of fused-ring (bicyclic) bond motifs is 1. The number of hydrazone groups is 1. The first kappa shape index (κ1) is 27.2. The van der Waals surface area contributed by atoms with Crippen LogP contribution in [-0.4, -0.2) is 31.7 Å². The number of ether oxygens (including phenoxy) is 3. The zero-order valence-corrected chi connectivity index (χ0v) is 22.0. The van der Waals surface area contributed by atoms with Crippen molar-refractivity contribution in [1.82, 2.24) is 5.43 Å². The molecule has 0 bridgehead atoms. The smallest absolute Gasteiger partial charge is 0.240 e.